The highest BCUT2D eigenvalue weighted by atomic mass is 32.2. The number of hydrogen-bond donors (Lipinski definition) is 2. The summed E-state index contributed by atoms with van der Waals surface area (Å²) in [6.07, 6.45) is 13.0. The maximum Gasteiger partial charge on any atom is 0.345 e. The standard InChI is InChI=1S/C18H36O7S/c1-2-3-4-5-6-8-11-14-17(26(21,22)23)15-12-9-7-10-13-16-18(19)24-25-20/h17,20H,2-16H2,1H3,(H,21,22,23). The lowest BCUT2D eigenvalue weighted by atomic mass is 10.0. The van der Waals surface area contributed by atoms with Crippen LogP contribution in [0.25, 0.3) is 0 Å². The van der Waals surface area contributed by atoms with Crippen LogP contribution in [-0.2, 0) is 24.8 Å². The van der Waals surface area contributed by atoms with E-state index in [2.05, 4.69) is 16.8 Å². The Kier molecular flexibility index (Phi) is 16.0. The predicted octanol–water partition coefficient (Wildman–Crippen LogP) is 5.06. The second-order valence-corrected chi connectivity index (χ2v) is 8.58. The minimum atomic E-state index is -3.98. The van der Waals surface area contributed by atoms with Crippen LogP contribution in [0.1, 0.15) is 103 Å². The molecule has 0 saturated carbocycles. The average molecular weight is 397 g/mol. The summed E-state index contributed by atoms with van der Waals surface area (Å²) >= 11 is 0. The number of hydrogen-bond acceptors (Lipinski definition) is 6. The minimum Gasteiger partial charge on any atom is -0.285 e. The molecular formula is C18H36O7S. The normalized spacial score (nSPS) is 12.9. The van der Waals surface area contributed by atoms with Gasteiger partial charge in [-0.15, -0.1) is 0 Å². The van der Waals surface area contributed by atoms with Crippen molar-refractivity contribution in [3.63, 3.8) is 0 Å². The van der Waals surface area contributed by atoms with E-state index in [0.29, 0.717) is 19.3 Å². The fourth-order valence-electron chi connectivity index (χ4n) is 3.03. The molecule has 26 heavy (non-hydrogen) atoms. The third-order valence-corrected chi connectivity index (χ3v) is 5.90. The molecule has 1 unspecified atom stereocenters. The van der Waals surface area contributed by atoms with Crippen LogP contribution in [0.5, 0.6) is 0 Å². The van der Waals surface area contributed by atoms with Gasteiger partial charge in [0.15, 0.2) is 0 Å². The molecule has 0 radical (unpaired) electrons. The zero-order valence-electron chi connectivity index (χ0n) is 16.0. The second kappa shape index (κ2) is 16.5. The molecule has 0 spiro atoms. The highest BCUT2D eigenvalue weighted by Gasteiger charge is 2.21. The van der Waals surface area contributed by atoms with E-state index in [1.807, 2.05) is 0 Å². The second-order valence-electron chi connectivity index (χ2n) is 6.88. The molecule has 0 bridgehead atoms. The van der Waals surface area contributed by atoms with Crippen LogP contribution >= 0.6 is 0 Å². The highest BCUT2D eigenvalue weighted by molar-refractivity contribution is 7.86. The third kappa shape index (κ3) is 15.5. The maximum atomic E-state index is 11.5. The van der Waals surface area contributed by atoms with E-state index in [1.54, 1.807) is 0 Å². The molecule has 0 fully saturated rings. The van der Waals surface area contributed by atoms with Crippen molar-refractivity contribution in [2.45, 2.75) is 108 Å². The Labute approximate surface area is 158 Å². The number of carbonyl (C=O) groups is 1. The molecule has 0 aromatic rings. The van der Waals surface area contributed by atoms with Gasteiger partial charge in [-0.1, -0.05) is 77.6 Å². The van der Waals surface area contributed by atoms with Gasteiger partial charge in [-0.05, 0) is 24.3 Å². The topological polar surface area (TPSA) is 110 Å². The summed E-state index contributed by atoms with van der Waals surface area (Å²) < 4.78 is 32.4. The van der Waals surface area contributed by atoms with E-state index in [9.17, 15) is 17.8 Å². The first-order chi connectivity index (χ1) is 12.4. The zero-order chi connectivity index (χ0) is 19.7. The highest BCUT2D eigenvalue weighted by Crippen LogP contribution is 2.19. The summed E-state index contributed by atoms with van der Waals surface area (Å²) in [5.74, 6) is -0.617. The van der Waals surface area contributed by atoms with Crippen molar-refractivity contribution in [3.05, 3.63) is 0 Å². The number of carbonyl (C=O) groups excluding carboxylic acids is 1. The molecule has 0 aliphatic heterocycles. The monoisotopic (exact) mass is 396 g/mol. The zero-order valence-corrected chi connectivity index (χ0v) is 16.8. The van der Waals surface area contributed by atoms with Crippen LogP contribution in [0.4, 0.5) is 0 Å². The van der Waals surface area contributed by atoms with E-state index in [0.717, 1.165) is 44.9 Å². The lowest BCUT2D eigenvalue weighted by molar-refractivity contribution is -0.462. The Morgan fingerprint density at radius 1 is 0.846 bits per heavy atom. The largest absolute Gasteiger partial charge is 0.345 e. The Morgan fingerprint density at radius 3 is 1.77 bits per heavy atom. The van der Waals surface area contributed by atoms with E-state index in [-0.39, 0.29) is 6.42 Å². The van der Waals surface area contributed by atoms with Gasteiger partial charge in [0.05, 0.1) is 5.25 Å². The van der Waals surface area contributed by atoms with E-state index in [1.165, 1.54) is 25.7 Å². The van der Waals surface area contributed by atoms with Gasteiger partial charge < -0.3 is 0 Å². The molecule has 7 nitrogen and oxygen atoms in total. The molecule has 156 valence electrons. The summed E-state index contributed by atoms with van der Waals surface area (Å²) in [6.45, 7) is 2.18. The lowest BCUT2D eigenvalue weighted by Gasteiger charge is -2.13. The number of unbranched alkanes of at least 4 members (excludes halogenated alkanes) is 10. The molecule has 0 aliphatic carbocycles. The van der Waals surface area contributed by atoms with Crippen LogP contribution < -0.4 is 0 Å². The van der Waals surface area contributed by atoms with Crippen molar-refractivity contribution in [3.8, 4) is 0 Å². The van der Waals surface area contributed by atoms with Gasteiger partial charge in [0.2, 0.25) is 0 Å². The summed E-state index contributed by atoms with van der Waals surface area (Å²) in [5.41, 5.74) is 0. The molecule has 8 heteroatoms. The van der Waals surface area contributed by atoms with Crippen molar-refractivity contribution in [2.24, 2.45) is 0 Å². The van der Waals surface area contributed by atoms with Crippen LogP contribution in [0, 0.1) is 0 Å². The van der Waals surface area contributed by atoms with Gasteiger partial charge in [-0.25, -0.2) is 10.1 Å². The summed E-state index contributed by atoms with van der Waals surface area (Å²) in [4.78, 5) is 14.9. The summed E-state index contributed by atoms with van der Waals surface area (Å²) in [5, 5.41) is 10.6. The Hall–Kier alpha value is -0.700. The van der Waals surface area contributed by atoms with Crippen molar-refractivity contribution < 1.29 is 32.9 Å². The van der Waals surface area contributed by atoms with E-state index >= 15 is 0 Å². The van der Waals surface area contributed by atoms with Gasteiger partial charge in [0.1, 0.15) is 0 Å². The molecule has 0 heterocycles. The molecule has 0 saturated heterocycles. The first kappa shape index (κ1) is 25.3. The van der Waals surface area contributed by atoms with Gasteiger partial charge in [-0.2, -0.15) is 8.42 Å². The van der Waals surface area contributed by atoms with Crippen molar-refractivity contribution in [1.29, 1.82) is 0 Å². The molecule has 1 atom stereocenters. The molecule has 0 amide bonds. The maximum absolute atomic E-state index is 11.5. The Bertz CT molecular complexity index is 437. The van der Waals surface area contributed by atoms with Crippen LogP contribution in [0.15, 0.2) is 0 Å². The fraction of sp³-hybridized carbons (Fsp3) is 0.944. The van der Waals surface area contributed by atoms with Crippen molar-refractivity contribution in [1.82, 2.24) is 0 Å². The average Bonchev–Trinajstić information content (AvgIpc) is 2.57. The molecule has 2 N–H and O–H groups in total. The molecule has 0 aliphatic rings. The van der Waals surface area contributed by atoms with Crippen molar-refractivity contribution in [2.75, 3.05) is 0 Å². The fourth-order valence-corrected chi connectivity index (χ4v) is 3.96. The Balaban J connectivity index is 3.77. The smallest absolute Gasteiger partial charge is 0.285 e. The molecule has 0 aromatic heterocycles. The van der Waals surface area contributed by atoms with Crippen LogP contribution in [-0.4, -0.2) is 29.4 Å². The van der Waals surface area contributed by atoms with E-state index < -0.39 is 21.3 Å². The quantitative estimate of drug-likeness (QED) is 0.144. The minimum absolute atomic E-state index is 0.173. The van der Waals surface area contributed by atoms with Crippen molar-refractivity contribution >= 4 is 16.1 Å². The molecular weight excluding hydrogens is 360 g/mol. The molecule has 0 aromatic carbocycles. The van der Waals surface area contributed by atoms with Gasteiger partial charge in [0.25, 0.3) is 10.1 Å². The van der Waals surface area contributed by atoms with Crippen LogP contribution in [0.3, 0.4) is 0 Å². The van der Waals surface area contributed by atoms with Crippen LogP contribution in [0.2, 0.25) is 0 Å². The van der Waals surface area contributed by atoms with Gasteiger partial charge >= 0.3 is 5.97 Å². The number of rotatable bonds is 18. The summed E-state index contributed by atoms with van der Waals surface area (Å²) in [7, 11) is -3.98. The first-order valence-electron chi connectivity index (χ1n) is 9.89. The van der Waals surface area contributed by atoms with E-state index in [4.69, 9.17) is 5.26 Å². The Morgan fingerprint density at radius 2 is 1.31 bits per heavy atom. The predicted molar refractivity (Wildman–Crippen MR) is 100 cm³/mol. The molecule has 0 rings (SSSR count). The third-order valence-electron chi connectivity index (χ3n) is 4.59. The first-order valence-corrected chi connectivity index (χ1v) is 11.4. The SMILES string of the molecule is CCCCCCCCCC(CCCCCCCC(=O)OOO)S(=O)(=O)O. The lowest BCUT2D eigenvalue weighted by Crippen LogP contribution is -2.20. The van der Waals surface area contributed by atoms with Gasteiger partial charge in [-0.3, -0.25) is 9.44 Å². The summed E-state index contributed by atoms with van der Waals surface area (Å²) in [6, 6.07) is 0. The van der Waals surface area contributed by atoms with Gasteiger partial charge in [0, 0.05) is 6.42 Å².